The normalized spacial score (nSPS) is 43.5. The van der Waals surface area contributed by atoms with E-state index in [2.05, 4.69) is 27.7 Å². The molecule has 216 valence electrons. The van der Waals surface area contributed by atoms with Crippen LogP contribution in [0.15, 0.2) is 0 Å². The lowest BCUT2D eigenvalue weighted by atomic mass is 9.43. The highest BCUT2D eigenvalue weighted by Gasteiger charge is 2.66. The number of fused-ring (bicyclic) bond motifs is 5. The molecule has 0 heterocycles. The number of rotatable bonds is 13. The van der Waals surface area contributed by atoms with Gasteiger partial charge in [0.15, 0.2) is 0 Å². The molecule has 6 heteroatoms. The first-order chi connectivity index (χ1) is 17.8. The molecular weight excluding hydrogens is 462 g/mol. The van der Waals surface area contributed by atoms with Crippen LogP contribution < -0.4 is 17.2 Å². The quantitative estimate of drug-likeness (QED) is 0.303. The first kappa shape index (κ1) is 29.7. The number of ether oxygens (including phenoxy) is 3. The van der Waals surface area contributed by atoms with Crippen molar-refractivity contribution < 1.29 is 14.2 Å². The molecule has 4 rings (SSSR count). The first-order valence-electron chi connectivity index (χ1n) is 15.8. The Labute approximate surface area is 227 Å². The van der Waals surface area contributed by atoms with Crippen LogP contribution in [0.25, 0.3) is 0 Å². The zero-order chi connectivity index (χ0) is 26.6. The van der Waals surface area contributed by atoms with E-state index < -0.39 is 0 Å². The molecule has 4 aliphatic carbocycles. The summed E-state index contributed by atoms with van der Waals surface area (Å²) in [6.07, 6.45) is 12.5. The Morgan fingerprint density at radius 2 is 1.41 bits per heavy atom. The zero-order valence-electron chi connectivity index (χ0n) is 24.5. The predicted octanol–water partition coefficient (Wildman–Crippen LogP) is 4.72. The van der Waals surface area contributed by atoms with Gasteiger partial charge in [-0.05, 0) is 125 Å². The van der Waals surface area contributed by atoms with Gasteiger partial charge in [-0.3, -0.25) is 0 Å². The minimum Gasteiger partial charge on any atom is -0.378 e. The fourth-order valence-electron chi connectivity index (χ4n) is 9.75. The minimum atomic E-state index is 0.213. The highest BCUT2D eigenvalue weighted by atomic mass is 16.5. The Morgan fingerprint density at radius 1 is 0.757 bits per heavy atom. The van der Waals surface area contributed by atoms with E-state index in [9.17, 15) is 0 Å². The number of nitrogens with two attached hydrogens (primary N) is 3. The van der Waals surface area contributed by atoms with E-state index in [0.717, 1.165) is 45.5 Å². The molecule has 4 saturated carbocycles. The van der Waals surface area contributed by atoms with Crippen LogP contribution >= 0.6 is 0 Å². The molecule has 4 aliphatic rings. The standard InChI is InChI=1S/C31H59N3O3/c1-21(2)24-8-9-25-29-26(20-28(31(24,25)4)37-17-7-14-34)30(3)11-10-23(35-15-5-12-32)18-22(30)19-27(29)36-16-6-13-33/h21-29H,5-20,32-34H2,1-4H3/t22?,23-,24?,25+,26+,27-,28+,29?,30+,31-/m1/s1. The van der Waals surface area contributed by atoms with E-state index in [-0.39, 0.29) is 5.41 Å². The van der Waals surface area contributed by atoms with E-state index in [0.29, 0.717) is 78.9 Å². The maximum atomic E-state index is 6.84. The molecule has 0 aromatic carbocycles. The van der Waals surface area contributed by atoms with Crippen LogP contribution in [0, 0.1) is 46.3 Å². The molecule has 6 N–H and O–H groups in total. The molecule has 3 unspecified atom stereocenters. The predicted molar refractivity (Wildman–Crippen MR) is 151 cm³/mol. The summed E-state index contributed by atoms with van der Waals surface area (Å²) in [5.74, 6) is 3.97. The van der Waals surface area contributed by atoms with Crippen LogP contribution in [0.4, 0.5) is 0 Å². The second kappa shape index (κ2) is 13.0. The summed E-state index contributed by atoms with van der Waals surface area (Å²) < 4.78 is 20.0. The Balaban J connectivity index is 1.63. The van der Waals surface area contributed by atoms with Crippen LogP contribution in [0.5, 0.6) is 0 Å². The van der Waals surface area contributed by atoms with Crippen molar-refractivity contribution in [1.29, 1.82) is 0 Å². The molecule has 0 aromatic heterocycles. The van der Waals surface area contributed by atoms with Crippen molar-refractivity contribution in [2.75, 3.05) is 39.5 Å². The average Bonchev–Trinajstić information content (AvgIpc) is 3.23. The average molecular weight is 522 g/mol. The van der Waals surface area contributed by atoms with Gasteiger partial charge in [0.1, 0.15) is 0 Å². The largest absolute Gasteiger partial charge is 0.378 e. The van der Waals surface area contributed by atoms with Gasteiger partial charge >= 0.3 is 0 Å². The maximum absolute atomic E-state index is 6.84. The Hall–Kier alpha value is -0.240. The van der Waals surface area contributed by atoms with E-state index in [4.69, 9.17) is 31.4 Å². The maximum Gasteiger partial charge on any atom is 0.0637 e. The molecule has 0 spiro atoms. The van der Waals surface area contributed by atoms with Gasteiger partial charge in [-0.25, -0.2) is 0 Å². The van der Waals surface area contributed by atoms with Gasteiger partial charge in [0.25, 0.3) is 0 Å². The molecule has 0 saturated heterocycles. The second-order valence-corrected chi connectivity index (χ2v) is 13.7. The highest BCUT2D eigenvalue weighted by Crippen LogP contribution is 2.69. The van der Waals surface area contributed by atoms with E-state index in [1.807, 2.05) is 0 Å². The molecule has 10 atom stereocenters. The lowest BCUT2D eigenvalue weighted by Gasteiger charge is -2.64. The first-order valence-corrected chi connectivity index (χ1v) is 15.8. The van der Waals surface area contributed by atoms with Crippen molar-refractivity contribution in [1.82, 2.24) is 0 Å². The van der Waals surface area contributed by atoms with E-state index in [1.54, 1.807) is 0 Å². The summed E-state index contributed by atoms with van der Waals surface area (Å²) in [5.41, 5.74) is 18.0. The third kappa shape index (κ3) is 5.81. The number of hydrogen-bond donors (Lipinski definition) is 3. The summed E-state index contributed by atoms with van der Waals surface area (Å²) >= 11 is 0. The van der Waals surface area contributed by atoms with Crippen LogP contribution in [0.3, 0.4) is 0 Å². The fourth-order valence-corrected chi connectivity index (χ4v) is 9.75. The molecule has 37 heavy (non-hydrogen) atoms. The van der Waals surface area contributed by atoms with E-state index >= 15 is 0 Å². The molecule has 0 aromatic rings. The Kier molecular flexibility index (Phi) is 10.4. The topological polar surface area (TPSA) is 106 Å². The second-order valence-electron chi connectivity index (χ2n) is 13.7. The van der Waals surface area contributed by atoms with Crippen LogP contribution in [0.1, 0.15) is 91.9 Å². The van der Waals surface area contributed by atoms with Gasteiger partial charge in [0.2, 0.25) is 0 Å². The molecule has 6 nitrogen and oxygen atoms in total. The van der Waals surface area contributed by atoms with Crippen LogP contribution in [-0.4, -0.2) is 57.8 Å². The van der Waals surface area contributed by atoms with Crippen molar-refractivity contribution >= 4 is 0 Å². The highest BCUT2D eigenvalue weighted by molar-refractivity contribution is 5.15. The number of hydrogen-bond acceptors (Lipinski definition) is 6. The summed E-state index contributed by atoms with van der Waals surface area (Å²) in [7, 11) is 0. The van der Waals surface area contributed by atoms with Gasteiger partial charge in [0, 0.05) is 25.2 Å². The van der Waals surface area contributed by atoms with E-state index in [1.165, 1.54) is 38.5 Å². The van der Waals surface area contributed by atoms with Crippen molar-refractivity contribution in [3.05, 3.63) is 0 Å². The summed E-state index contributed by atoms with van der Waals surface area (Å²) in [4.78, 5) is 0. The molecule has 0 amide bonds. The molecule has 4 fully saturated rings. The van der Waals surface area contributed by atoms with Crippen LogP contribution in [-0.2, 0) is 14.2 Å². The van der Waals surface area contributed by atoms with Crippen molar-refractivity contribution in [3.63, 3.8) is 0 Å². The van der Waals surface area contributed by atoms with Gasteiger partial charge in [0.05, 0.1) is 18.3 Å². The Morgan fingerprint density at radius 3 is 2.05 bits per heavy atom. The zero-order valence-corrected chi connectivity index (χ0v) is 24.5. The summed E-state index contributed by atoms with van der Waals surface area (Å²) in [6, 6.07) is 0. The lowest BCUT2D eigenvalue weighted by Crippen LogP contribution is -2.63. The molecule has 0 bridgehead atoms. The molecule has 0 radical (unpaired) electrons. The van der Waals surface area contributed by atoms with Gasteiger partial charge < -0.3 is 31.4 Å². The Bertz CT molecular complexity index is 707. The van der Waals surface area contributed by atoms with Gasteiger partial charge in [-0.15, -0.1) is 0 Å². The molecular formula is C31H59N3O3. The van der Waals surface area contributed by atoms with Crippen LogP contribution in [0.2, 0.25) is 0 Å². The third-order valence-corrected chi connectivity index (χ3v) is 11.6. The minimum absolute atomic E-state index is 0.213. The lowest BCUT2D eigenvalue weighted by molar-refractivity contribution is -0.227. The summed E-state index contributed by atoms with van der Waals surface area (Å²) in [5, 5.41) is 0. The van der Waals surface area contributed by atoms with Gasteiger partial charge in [-0.2, -0.15) is 0 Å². The fraction of sp³-hybridized carbons (Fsp3) is 1.00. The van der Waals surface area contributed by atoms with Crippen molar-refractivity contribution in [2.24, 2.45) is 63.5 Å². The van der Waals surface area contributed by atoms with Crippen molar-refractivity contribution in [3.8, 4) is 0 Å². The third-order valence-electron chi connectivity index (χ3n) is 11.6. The monoisotopic (exact) mass is 521 g/mol. The van der Waals surface area contributed by atoms with Crippen molar-refractivity contribution in [2.45, 2.75) is 110 Å². The summed E-state index contributed by atoms with van der Waals surface area (Å²) in [6.45, 7) is 14.6. The SMILES string of the molecule is CC(C)C1CC[C@H]2C3[C@H](OCCCN)CC4C[C@H](OCCCN)CC[C@]4(C)[C@H]3C[C@H](OCCCN)[C@]12C. The smallest absolute Gasteiger partial charge is 0.0637 e. The van der Waals surface area contributed by atoms with Gasteiger partial charge in [-0.1, -0.05) is 27.7 Å². The molecule has 0 aliphatic heterocycles.